The van der Waals surface area contributed by atoms with Crippen LogP contribution in [0.4, 0.5) is 0 Å². The number of allylic oxidation sites excluding steroid dienone is 1. The van der Waals surface area contributed by atoms with Gasteiger partial charge in [-0.3, -0.25) is 0 Å². The Hall–Kier alpha value is -0.300. The highest BCUT2D eigenvalue weighted by Gasteiger charge is 2.33. The quantitative estimate of drug-likeness (QED) is 0.465. The van der Waals surface area contributed by atoms with Crippen LogP contribution < -0.4 is 0 Å². The van der Waals surface area contributed by atoms with Gasteiger partial charge in [0.2, 0.25) is 0 Å². The highest BCUT2D eigenvalue weighted by atomic mass is 16.5. The molecule has 0 aromatic carbocycles. The van der Waals surface area contributed by atoms with Crippen LogP contribution in [0, 0.1) is 11.8 Å². The van der Waals surface area contributed by atoms with E-state index in [2.05, 4.69) is 19.1 Å². The molecular weight excluding hydrogens is 124 g/mol. The molecule has 0 bridgehead atoms. The highest BCUT2D eigenvalue weighted by molar-refractivity contribution is 5.02. The van der Waals surface area contributed by atoms with Gasteiger partial charge in [-0.25, -0.2) is 0 Å². The van der Waals surface area contributed by atoms with E-state index in [1.807, 2.05) is 0 Å². The number of fused-ring (bicyclic) bond motifs is 1. The second kappa shape index (κ2) is 2.39. The Morgan fingerprint density at radius 1 is 1.50 bits per heavy atom. The van der Waals surface area contributed by atoms with Crippen LogP contribution in [0.3, 0.4) is 0 Å². The van der Waals surface area contributed by atoms with Crippen molar-refractivity contribution in [3.05, 3.63) is 12.2 Å². The molecule has 1 fully saturated rings. The van der Waals surface area contributed by atoms with E-state index in [9.17, 15) is 0 Å². The van der Waals surface area contributed by atoms with Crippen molar-refractivity contribution in [2.75, 3.05) is 6.61 Å². The molecule has 0 aromatic heterocycles. The van der Waals surface area contributed by atoms with Gasteiger partial charge in [0.25, 0.3) is 0 Å². The molecule has 0 aromatic rings. The third-order valence-corrected chi connectivity index (χ3v) is 2.64. The number of rotatable bonds is 0. The van der Waals surface area contributed by atoms with Crippen molar-refractivity contribution in [3.8, 4) is 0 Å². The maximum atomic E-state index is 5.62. The van der Waals surface area contributed by atoms with Gasteiger partial charge in [-0.1, -0.05) is 19.1 Å². The van der Waals surface area contributed by atoms with Crippen LogP contribution in [0.15, 0.2) is 12.2 Å². The number of hydrogen-bond acceptors (Lipinski definition) is 1. The summed E-state index contributed by atoms with van der Waals surface area (Å²) in [5, 5.41) is 0. The van der Waals surface area contributed by atoms with E-state index in [0.29, 0.717) is 6.10 Å². The first kappa shape index (κ1) is 6.41. The topological polar surface area (TPSA) is 9.23 Å². The van der Waals surface area contributed by atoms with Crippen molar-refractivity contribution in [1.82, 2.24) is 0 Å². The van der Waals surface area contributed by atoms with Crippen molar-refractivity contribution in [3.63, 3.8) is 0 Å². The summed E-state index contributed by atoms with van der Waals surface area (Å²) in [5.74, 6) is 1.48. The largest absolute Gasteiger partial charge is 0.377 e. The molecule has 56 valence electrons. The summed E-state index contributed by atoms with van der Waals surface area (Å²) in [4.78, 5) is 0. The minimum atomic E-state index is 0.556. The highest BCUT2D eigenvalue weighted by Crippen LogP contribution is 2.33. The molecule has 2 rings (SSSR count). The van der Waals surface area contributed by atoms with Gasteiger partial charge in [0, 0.05) is 5.92 Å². The van der Waals surface area contributed by atoms with Gasteiger partial charge >= 0.3 is 0 Å². The lowest BCUT2D eigenvalue weighted by atomic mass is 9.86. The predicted molar refractivity (Wildman–Crippen MR) is 40.8 cm³/mol. The van der Waals surface area contributed by atoms with Gasteiger partial charge in [0.1, 0.15) is 0 Å². The minimum absolute atomic E-state index is 0.556. The summed E-state index contributed by atoms with van der Waals surface area (Å²) in [7, 11) is 0. The van der Waals surface area contributed by atoms with E-state index < -0.39 is 0 Å². The fraction of sp³-hybridized carbons (Fsp3) is 0.778. The zero-order valence-corrected chi connectivity index (χ0v) is 6.42. The van der Waals surface area contributed by atoms with Crippen LogP contribution in [0.1, 0.15) is 19.8 Å². The van der Waals surface area contributed by atoms with E-state index >= 15 is 0 Å². The maximum absolute atomic E-state index is 5.62. The van der Waals surface area contributed by atoms with E-state index in [1.54, 1.807) is 0 Å². The third-order valence-electron chi connectivity index (χ3n) is 2.64. The standard InChI is InChI=1S/C9H14O/c1-7-6-10-9-5-3-2-4-8(7)9/h2,4,7-9H,3,5-6H2,1H3. The van der Waals surface area contributed by atoms with Crippen molar-refractivity contribution < 1.29 is 4.74 Å². The summed E-state index contributed by atoms with van der Waals surface area (Å²) in [6, 6.07) is 0. The molecule has 1 aliphatic heterocycles. The minimum Gasteiger partial charge on any atom is -0.377 e. The van der Waals surface area contributed by atoms with Crippen molar-refractivity contribution in [1.29, 1.82) is 0 Å². The Balaban J connectivity index is 2.13. The fourth-order valence-electron chi connectivity index (χ4n) is 1.97. The summed E-state index contributed by atoms with van der Waals surface area (Å²) in [6.07, 6.45) is 7.65. The SMILES string of the molecule is CC1COC2CCC=CC12. The molecule has 1 saturated heterocycles. The van der Waals surface area contributed by atoms with Crippen LogP contribution in [0.25, 0.3) is 0 Å². The first-order valence-corrected chi connectivity index (χ1v) is 4.16. The van der Waals surface area contributed by atoms with Gasteiger partial charge in [-0.05, 0) is 18.8 Å². The number of ether oxygens (including phenoxy) is 1. The molecular formula is C9H14O. The molecule has 0 spiro atoms. The first-order chi connectivity index (χ1) is 4.88. The molecule has 3 unspecified atom stereocenters. The second-order valence-electron chi connectivity index (χ2n) is 3.43. The van der Waals surface area contributed by atoms with Crippen molar-refractivity contribution >= 4 is 0 Å². The lowest BCUT2D eigenvalue weighted by Gasteiger charge is -2.20. The molecule has 0 N–H and O–H groups in total. The lowest BCUT2D eigenvalue weighted by Crippen LogP contribution is -2.19. The average Bonchev–Trinajstić information content (AvgIpc) is 2.34. The van der Waals surface area contributed by atoms with Gasteiger partial charge in [-0.2, -0.15) is 0 Å². The smallest absolute Gasteiger partial charge is 0.0644 e. The Kier molecular flexibility index (Phi) is 1.53. The van der Waals surface area contributed by atoms with Crippen LogP contribution >= 0.6 is 0 Å². The van der Waals surface area contributed by atoms with Crippen LogP contribution in [0.5, 0.6) is 0 Å². The predicted octanol–water partition coefficient (Wildman–Crippen LogP) is 1.99. The molecule has 1 aliphatic carbocycles. The molecule has 1 nitrogen and oxygen atoms in total. The van der Waals surface area contributed by atoms with Gasteiger partial charge in [0.15, 0.2) is 0 Å². The zero-order chi connectivity index (χ0) is 6.97. The molecule has 1 heterocycles. The van der Waals surface area contributed by atoms with Crippen molar-refractivity contribution in [2.24, 2.45) is 11.8 Å². The first-order valence-electron chi connectivity index (χ1n) is 4.16. The second-order valence-corrected chi connectivity index (χ2v) is 3.43. The Morgan fingerprint density at radius 3 is 3.20 bits per heavy atom. The Morgan fingerprint density at radius 2 is 2.40 bits per heavy atom. The fourth-order valence-corrected chi connectivity index (χ4v) is 1.97. The Labute approximate surface area is 62.1 Å². The molecule has 0 amide bonds. The summed E-state index contributed by atoms with van der Waals surface area (Å²) in [5.41, 5.74) is 0. The average molecular weight is 138 g/mol. The zero-order valence-electron chi connectivity index (χ0n) is 6.42. The van der Waals surface area contributed by atoms with Crippen molar-refractivity contribution in [2.45, 2.75) is 25.9 Å². The monoisotopic (exact) mass is 138 g/mol. The summed E-state index contributed by atoms with van der Waals surface area (Å²) < 4.78 is 5.62. The molecule has 0 saturated carbocycles. The van der Waals surface area contributed by atoms with Crippen LogP contribution in [-0.4, -0.2) is 12.7 Å². The lowest BCUT2D eigenvalue weighted by molar-refractivity contribution is 0.0888. The van der Waals surface area contributed by atoms with Gasteiger partial charge < -0.3 is 4.74 Å². The summed E-state index contributed by atoms with van der Waals surface area (Å²) >= 11 is 0. The molecule has 1 heteroatoms. The normalized spacial score (nSPS) is 45.5. The third kappa shape index (κ3) is 0.891. The number of hydrogen-bond donors (Lipinski definition) is 0. The van der Waals surface area contributed by atoms with Gasteiger partial charge in [0.05, 0.1) is 12.7 Å². The molecule has 10 heavy (non-hydrogen) atoms. The van der Waals surface area contributed by atoms with Crippen LogP contribution in [0.2, 0.25) is 0 Å². The molecule has 2 aliphatic rings. The van der Waals surface area contributed by atoms with E-state index in [1.165, 1.54) is 12.8 Å². The van der Waals surface area contributed by atoms with Gasteiger partial charge in [-0.15, -0.1) is 0 Å². The van der Waals surface area contributed by atoms with Crippen LogP contribution in [-0.2, 0) is 4.74 Å². The van der Waals surface area contributed by atoms with E-state index in [-0.39, 0.29) is 0 Å². The molecule has 3 atom stereocenters. The summed E-state index contributed by atoms with van der Waals surface area (Å²) in [6.45, 7) is 3.25. The van der Waals surface area contributed by atoms with E-state index in [4.69, 9.17) is 4.74 Å². The maximum Gasteiger partial charge on any atom is 0.0644 e. The molecule has 0 radical (unpaired) electrons. The van der Waals surface area contributed by atoms with E-state index in [0.717, 1.165) is 18.4 Å². The Bertz CT molecular complexity index is 151.